The molecule has 2 fully saturated rings. The zero-order valence-corrected chi connectivity index (χ0v) is 14.8. The summed E-state index contributed by atoms with van der Waals surface area (Å²) in [6.07, 6.45) is 4.49. The van der Waals surface area contributed by atoms with Crippen LogP contribution in [-0.4, -0.2) is 26.2 Å². The summed E-state index contributed by atoms with van der Waals surface area (Å²) in [5.41, 5.74) is 0.164. The summed E-state index contributed by atoms with van der Waals surface area (Å²) in [6, 6.07) is 5.75. The van der Waals surface area contributed by atoms with Gasteiger partial charge in [0, 0.05) is 18.8 Å². The van der Waals surface area contributed by atoms with Gasteiger partial charge in [-0.3, -0.25) is 0 Å². The topological polar surface area (TPSA) is 15.3 Å². The largest absolute Gasteiger partial charge is 0.416 e. The fraction of sp³-hybridized carbons (Fsp3) is 0.700. The Bertz CT molecular complexity index is 530. The van der Waals surface area contributed by atoms with Crippen molar-refractivity contribution in [2.45, 2.75) is 51.1 Å². The summed E-state index contributed by atoms with van der Waals surface area (Å²) < 4.78 is 38.6. The molecule has 0 bridgehead atoms. The molecule has 0 atom stereocenters. The molecule has 0 amide bonds. The van der Waals surface area contributed by atoms with E-state index in [1.54, 1.807) is 6.07 Å². The summed E-state index contributed by atoms with van der Waals surface area (Å²) in [5.74, 6) is 1.63. The first kappa shape index (κ1) is 18.6. The van der Waals surface area contributed by atoms with Gasteiger partial charge in [0.25, 0.3) is 0 Å². The SMILES string of the molecule is FC(F)(F)c1cccc(N2CCC(CCCC3CCNCC3)CC2)c1. The Labute approximate surface area is 148 Å². The lowest BCUT2D eigenvalue weighted by Gasteiger charge is -2.34. The van der Waals surface area contributed by atoms with Crippen molar-refractivity contribution in [3.63, 3.8) is 0 Å². The number of nitrogens with zero attached hydrogens (tertiary/aromatic N) is 1. The van der Waals surface area contributed by atoms with Crippen LogP contribution in [0.1, 0.15) is 50.5 Å². The minimum Gasteiger partial charge on any atom is -0.372 e. The summed E-state index contributed by atoms with van der Waals surface area (Å²) in [6.45, 7) is 4.08. The van der Waals surface area contributed by atoms with E-state index in [1.165, 1.54) is 57.3 Å². The van der Waals surface area contributed by atoms with Crippen molar-refractivity contribution in [2.24, 2.45) is 11.8 Å². The molecule has 1 N–H and O–H groups in total. The summed E-state index contributed by atoms with van der Waals surface area (Å²) in [5, 5.41) is 3.41. The van der Waals surface area contributed by atoms with Gasteiger partial charge in [0.15, 0.2) is 0 Å². The molecule has 3 rings (SSSR count). The Kier molecular flexibility index (Phi) is 6.26. The third-order valence-electron chi connectivity index (χ3n) is 5.84. The van der Waals surface area contributed by atoms with Crippen molar-refractivity contribution < 1.29 is 13.2 Å². The fourth-order valence-electron chi connectivity index (χ4n) is 4.22. The number of alkyl halides is 3. The molecule has 2 saturated heterocycles. The highest BCUT2D eigenvalue weighted by molar-refractivity contribution is 5.49. The maximum absolute atomic E-state index is 12.9. The van der Waals surface area contributed by atoms with Crippen LogP contribution in [-0.2, 0) is 6.18 Å². The van der Waals surface area contributed by atoms with Crippen LogP contribution < -0.4 is 10.2 Å². The van der Waals surface area contributed by atoms with E-state index in [0.717, 1.165) is 43.8 Å². The molecule has 0 spiro atoms. The van der Waals surface area contributed by atoms with E-state index in [-0.39, 0.29) is 0 Å². The van der Waals surface area contributed by atoms with Crippen molar-refractivity contribution in [3.8, 4) is 0 Å². The van der Waals surface area contributed by atoms with Crippen LogP contribution >= 0.6 is 0 Å². The Morgan fingerprint density at radius 2 is 1.60 bits per heavy atom. The second-order valence-corrected chi connectivity index (χ2v) is 7.60. The number of anilines is 1. The maximum atomic E-state index is 12.9. The van der Waals surface area contributed by atoms with Gasteiger partial charge in [0.1, 0.15) is 0 Å². The normalized spacial score (nSPS) is 20.8. The third kappa shape index (κ3) is 5.37. The van der Waals surface area contributed by atoms with Crippen LogP contribution in [0.2, 0.25) is 0 Å². The van der Waals surface area contributed by atoms with Crippen LogP contribution in [0.3, 0.4) is 0 Å². The zero-order chi connectivity index (χ0) is 17.7. The molecular weight excluding hydrogens is 325 g/mol. The molecule has 0 radical (unpaired) electrons. The summed E-state index contributed by atoms with van der Waals surface area (Å²) in [7, 11) is 0. The first-order valence-corrected chi connectivity index (χ1v) is 9.65. The monoisotopic (exact) mass is 354 g/mol. The lowest BCUT2D eigenvalue weighted by molar-refractivity contribution is -0.137. The van der Waals surface area contributed by atoms with Crippen molar-refractivity contribution >= 4 is 5.69 Å². The predicted molar refractivity (Wildman–Crippen MR) is 95.8 cm³/mol. The van der Waals surface area contributed by atoms with Gasteiger partial charge in [0.05, 0.1) is 5.56 Å². The van der Waals surface area contributed by atoms with Gasteiger partial charge >= 0.3 is 6.18 Å². The Balaban J connectivity index is 1.42. The number of benzene rings is 1. The molecule has 5 heteroatoms. The van der Waals surface area contributed by atoms with Gasteiger partial charge in [-0.2, -0.15) is 13.2 Å². The molecule has 140 valence electrons. The first-order valence-electron chi connectivity index (χ1n) is 9.65. The summed E-state index contributed by atoms with van der Waals surface area (Å²) in [4.78, 5) is 2.11. The highest BCUT2D eigenvalue weighted by Crippen LogP contribution is 2.33. The van der Waals surface area contributed by atoms with E-state index >= 15 is 0 Å². The van der Waals surface area contributed by atoms with E-state index < -0.39 is 11.7 Å². The van der Waals surface area contributed by atoms with Gasteiger partial charge in [0.2, 0.25) is 0 Å². The number of piperidine rings is 2. The highest BCUT2D eigenvalue weighted by Gasteiger charge is 2.31. The Morgan fingerprint density at radius 3 is 2.24 bits per heavy atom. The van der Waals surface area contributed by atoms with Crippen molar-refractivity contribution in [3.05, 3.63) is 29.8 Å². The molecule has 2 nitrogen and oxygen atoms in total. The first-order chi connectivity index (χ1) is 12.0. The minimum atomic E-state index is -4.26. The quantitative estimate of drug-likeness (QED) is 0.792. The highest BCUT2D eigenvalue weighted by atomic mass is 19.4. The van der Waals surface area contributed by atoms with Crippen LogP contribution in [0, 0.1) is 11.8 Å². The number of rotatable bonds is 5. The molecule has 1 aromatic carbocycles. The molecule has 0 saturated carbocycles. The molecule has 2 aliphatic heterocycles. The van der Waals surface area contributed by atoms with Crippen LogP contribution in [0.5, 0.6) is 0 Å². The van der Waals surface area contributed by atoms with Crippen LogP contribution in [0.15, 0.2) is 24.3 Å². The van der Waals surface area contributed by atoms with Gasteiger partial charge in [-0.05, 0) is 68.8 Å². The maximum Gasteiger partial charge on any atom is 0.416 e. The van der Waals surface area contributed by atoms with Gasteiger partial charge in [-0.15, -0.1) is 0 Å². The molecular formula is C20H29F3N2. The number of hydrogen-bond acceptors (Lipinski definition) is 2. The molecule has 0 aromatic heterocycles. The van der Waals surface area contributed by atoms with E-state index in [4.69, 9.17) is 0 Å². The number of nitrogens with one attached hydrogen (secondary N) is 1. The fourth-order valence-corrected chi connectivity index (χ4v) is 4.22. The molecule has 1 aromatic rings. The van der Waals surface area contributed by atoms with E-state index in [1.807, 2.05) is 0 Å². The van der Waals surface area contributed by atoms with E-state index in [2.05, 4.69) is 10.2 Å². The number of halogens is 3. The second-order valence-electron chi connectivity index (χ2n) is 7.60. The summed E-state index contributed by atoms with van der Waals surface area (Å²) >= 11 is 0. The smallest absolute Gasteiger partial charge is 0.372 e. The molecule has 2 heterocycles. The zero-order valence-electron chi connectivity index (χ0n) is 14.8. The molecule has 0 aliphatic carbocycles. The van der Waals surface area contributed by atoms with E-state index in [9.17, 15) is 13.2 Å². The van der Waals surface area contributed by atoms with Gasteiger partial charge in [-0.25, -0.2) is 0 Å². The second kappa shape index (κ2) is 8.43. The standard InChI is InChI=1S/C20H29F3N2/c21-20(22,23)18-5-2-6-19(15-18)25-13-9-17(10-14-25)4-1-3-16-7-11-24-12-8-16/h2,5-6,15-17,24H,1,3-4,7-14H2. The minimum absolute atomic E-state index is 0.547. The number of hydrogen-bond donors (Lipinski definition) is 1. The lowest BCUT2D eigenvalue weighted by atomic mass is 9.87. The molecule has 0 unspecified atom stereocenters. The van der Waals surface area contributed by atoms with Crippen LogP contribution in [0.4, 0.5) is 18.9 Å². The van der Waals surface area contributed by atoms with Crippen molar-refractivity contribution in [1.29, 1.82) is 0 Å². The third-order valence-corrected chi connectivity index (χ3v) is 5.84. The molecule has 2 aliphatic rings. The average Bonchev–Trinajstić information content (AvgIpc) is 2.63. The van der Waals surface area contributed by atoms with Crippen LogP contribution in [0.25, 0.3) is 0 Å². The average molecular weight is 354 g/mol. The van der Waals surface area contributed by atoms with Gasteiger partial charge in [-0.1, -0.05) is 25.3 Å². The Hall–Kier alpha value is -1.23. The lowest BCUT2D eigenvalue weighted by Crippen LogP contribution is -2.33. The predicted octanol–water partition coefficient (Wildman–Crippen LogP) is 5.09. The van der Waals surface area contributed by atoms with E-state index in [0.29, 0.717) is 5.69 Å². The van der Waals surface area contributed by atoms with Crippen molar-refractivity contribution in [2.75, 3.05) is 31.1 Å². The van der Waals surface area contributed by atoms with Gasteiger partial charge < -0.3 is 10.2 Å². The van der Waals surface area contributed by atoms with Crippen molar-refractivity contribution in [1.82, 2.24) is 5.32 Å². The Morgan fingerprint density at radius 1 is 0.960 bits per heavy atom. The molecule has 25 heavy (non-hydrogen) atoms.